The van der Waals surface area contributed by atoms with Crippen molar-refractivity contribution < 1.29 is 23.5 Å². The lowest BCUT2D eigenvalue weighted by atomic mass is 10.0. The van der Waals surface area contributed by atoms with E-state index in [1.807, 2.05) is 61.6 Å². The molecule has 0 saturated heterocycles. The first-order valence-electron chi connectivity index (χ1n) is 13.2. The summed E-state index contributed by atoms with van der Waals surface area (Å²) in [5.41, 5.74) is 3.83. The normalized spacial score (nSPS) is 12.2. The van der Waals surface area contributed by atoms with Crippen LogP contribution in [0.4, 0.5) is 11.4 Å². The fraction of sp³-hybridized carbons (Fsp3) is 0.267. The maximum Gasteiger partial charge on any atom is 0.361 e. The van der Waals surface area contributed by atoms with Crippen molar-refractivity contribution >= 4 is 46.8 Å². The van der Waals surface area contributed by atoms with Gasteiger partial charge in [-0.05, 0) is 63.4 Å². The number of rotatable bonds is 12. The molecular weight excluding hydrogens is 527 g/mol. The molecule has 1 heterocycles. The van der Waals surface area contributed by atoms with Crippen LogP contribution >= 0.6 is 7.60 Å². The van der Waals surface area contributed by atoms with E-state index >= 15 is 0 Å². The van der Waals surface area contributed by atoms with Crippen LogP contribution in [-0.4, -0.2) is 55.1 Å². The Morgan fingerprint density at radius 3 is 2.30 bits per heavy atom. The van der Waals surface area contributed by atoms with Crippen LogP contribution in [0.5, 0.6) is 5.88 Å². The molecule has 4 rings (SSSR count). The highest BCUT2D eigenvalue weighted by atomic mass is 31.2. The van der Waals surface area contributed by atoms with Crippen molar-refractivity contribution in [1.29, 1.82) is 0 Å². The Kier molecular flexibility index (Phi) is 9.55. The Labute approximate surface area is 234 Å². The molecule has 0 unspecified atom stereocenters. The van der Waals surface area contributed by atoms with Crippen LogP contribution in [0.25, 0.3) is 10.9 Å². The largest absolute Gasteiger partial charge is 0.494 e. The molecule has 0 bridgehead atoms. The van der Waals surface area contributed by atoms with Gasteiger partial charge in [-0.1, -0.05) is 30.3 Å². The van der Waals surface area contributed by atoms with Crippen LogP contribution in [0.3, 0.4) is 0 Å². The van der Waals surface area contributed by atoms with Gasteiger partial charge in [0.25, 0.3) is 0 Å². The predicted molar refractivity (Wildman–Crippen MR) is 161 cm³/mol. The van der Waals surface area contributed by atoms with Gasteiger partial charge in [-0.3, -0.25) is 9.36 Å². The summed E-state index contributed by atoms with van der Waals surface area (Å²) in [5, 5.41) is 15.2. The molecule has 10 heteroatoms. The number of aromatic hydroxyl groups is 1. The highest BCUT2D eigenvalue weighted by Crippen LogP contribution is 2.47. The van der Waals surface area contributed by atoms with Gasteiger partial charge in [0.1, 0.15) is 0 Å². The Hall–Kier alpha value is -3.75. The van der Waals surface area contributed by atoms with Crippen LogP contribution in [-0.2, 0) is 18.4 Å². The molecule has 9 nitrogen and oxygen atoms in total. The number of amides is 1. The van der Waals surface area contributed by atoms with Crippen molar-refractivity contribution in [3.8, 4) is 5.88 Å². The minimum atomic E-state index is -3.56. The van der Waals surface area contributed by atoms with Crippen LogP contribution in [0.15, 0.2) is 77.8 Å². The molecule has 3 aromatic carbocycles. The molecule has 0 spiro atoms. The fourth-order valence-electron chi connectivity index (χ4n) is 4.49. The van der Waals surface area contributed by atoms with Crippen LogP contribution in [0.1, 0.15) is 31.9 Å². The van der Waals surface area contributed by atoms with E-state index in [1.165, 1.54) is 0 Å². The number of aliphatic imine (C=N–C) groups is 1. The van der Waals surface area contributed by atoms with E-state index in [-0.39, 0.29) is 25.0 Å². The number of aromatic nitrogens is 1. The van der Waals surface area contributed by atoms with Crippen molar-refractivity contribution in [3.63, 3.8) is 0 Å². The minimum absolute atomic E-state index is 0.0487. The smallest absolute Gasteiger partial charge is 0.361 e. The van der Waals surface area contributed by atoms with Crippen molar-refractivity contribution in [1.82, 2.24) is 10.3 Å². The minimum Gasteiger partial charge on any atom is -0.494 e. The zero-order valence-electron chi connectivity index (χ0n) is 23.2. The molecule has 1 amide bonds. The number of anilines is 1. The molecule has 3 N–H and O–H groups in total. The third kappa shape index (κ3) is 6.35. The van der Waals surface area contributed by atoms with E-state index in [0.717, 1.165) is 11.3 Å². The number of nitrogens with zero attached hydrogens (tertiary/aromatic N) is 2. The molecule has 0 aliphatic carbocycles. The van der Waals surface area contributed by atoms with Crippen molar-refractivity contribution in [2.24, 2.45) is 4.99 Å². The van der Waals surface area contributed by atoms with Crippen molar-refractivity contribution in [3.05, 3.63) is 83.9 Å². The van der Waals surface area contributed by atoms with Gasteiger partial charge in [0, 0.05) is 42.2 Å². The van der Waals surface area contributed by atoms with Crippen molar-refractivity contribution in [2.45, 2.75) is 20.8 Å². The highest BCUT2D eigenvalue weighted by Gasteiger charge is 2.28. The Morgan fingerprint density at radius 2 is 1.70 bits per heavy atom. The number of carbonyl (C=O) groups is 1. The van der Waals surface area contributed by atoms with Gasteiger partial charge in [0.2, 0.25) is 5.91 Å². The molecule has 4 aromatic rings. The molecule has 0 aliphatic heterocycles. The number of carbonyl (C=O) groups excluding carboxylic acids is 1. The van der Waals surface area contributed by atoms with E-state index in [2.05, 4.69) is 10.3 Å². The molecular formula is C30H35N4O5P. The monoisotopic (exact) mass is 562 g/mol. The Bertz CT molecular complexity index is 1520. The van der Waals surface area contributed by atoms with E-state index < -0.39 is 7.60 Å². The summed E-state index contributed by atoms with van der Waals surface area (Å²) in [6.07, 6.45) is 0. The summed E-state index contributed by atoms with van der Waals surface area (Å²) in [7, 11) is -1.71. The van der Waals surface area contributed by atoms with Gasteiger partial charge >= 0.3 is 7.60 Å². The van der Waals surface area contributed by atoms with Crippen LogP contribution in [0.2, 0.25) is 0 Å². The summed E-state index contributed by atoms with van der Waals surface area (Å²) in [6, 6.07) is 22.1. The topological polar surface area (TPSA) is 116 Å². The standard InChI is InChI=1S/C30H35N4O5P/c1-5-38-40(37,39-6-2)25-16-17-27-26(20-25)28(30(36)33-27)29(22-10-8-7-9-11-22)32-23-12-14-24(15-13-23)34(21(3)35)19-18-31-4/h7-17,20,31,33,36H,5-6,18-19H2,1-4H3. The molecule has 0 saturated carbocycles. The van der Waals surface area contributed by atoms with Gasteiger partial charge in [0.05, 0.1) is 35.5 Å². The van der Waals surface area contributed by atoms with Gasteiger partial charge in [-0.25, -0.2) is 4.99 Å². The van der Waals surface area contributed by atoms with Crippen LogP contribution < -0.4 is 15.5 Å². The molecule has 1 aromatic heterocycles. The predicted octanol–water partition coefficient (Wildman–Crippen LogP) is 5.51. The van der Waals surface area contributed by atoms with E-state index in [9.17, 15) is 14.5 Å². The number of benzene rings is 3. The molecule has 0 atom stereocenters. The summed E-state index contributed by atoms with van der Waals surface area (Å²) >= 11 is 0. The number of nitrogens with one attached hydrogen (secondary N) is 2. The van der Waals surface area contributed by atoms with Gasteiger partial charge in [-0.2, -0.15) is 0 Å². The summed E-state index contributed by atoms with van der Waals surface area (Å²) < 4.78 is 24.7. The quantitative estimate of drug-likeness (QED) is 0.155. The number of aromatic amines is 1. The second-order valence-electron chi connectivity index (χ2n) is 9.03. The number of H-pyrrole nitrogens is 1. The zero-order valence-corrected chi connectivity index (χ0v) is 24.1. The van der Waals surface area contributed by atoms with E-state index in [0.29, 0.717) is 46.3 Å². The first-order chi connectivity index (χ1) is 19.3. The number of fused-ring (bicyclic) bond motifs is 1. The molecule has 0 fully saturated rings. The lowest BCUT2D eigenvalue weighted by Crippen LogP contribution is -2.34. The highest BCUT2D eigenvalue weighted by molar-refractivity contribution is 7.62. The average molecular weight is 563 g/mol. The zero-order chi connectivity index (χ0) is 28.7. The third-order valence-corrected chi connectivity index (χ3v) is 8.44. The maximum atomic E-state index is 13.5. The Morgan fingerprint density at radius 1 is 1.02 bits per heavy atom. The van der Waals surface area contributed by atoms with Crippen molar-refractivity contribution in [2.75, 3.05) is 38.3 Å². The summed E-state index contributed by atoms with van der Waals surface area (Å²) in [5.74, 6) is -0.115. The van der Waals surface area contributed by atoms with Gasteiger partial charge < -0.3 is 29.4 Å². The second-order valence-corrected chi connectivity index (χ2v) is 11.1. The van der Waals surface area contributed by atoms with Gasteiger partial charge in [-0.15, -0.1) is 0 Å². The lowest BCUT2D eigenvalue weighted by Gasteiger charge is -2.21. The SMILES string of the molecule is CCOP(=O)(OCC)c1ccc2[nH]c(O)c(C(=Nc3ccc(N(CCNC)C(C)=O)cc3)c3ccccc3)c2c1. The summed E-state index contributed by atoms with van der Waals surface area (Å²) in [6.45, 7) is 6.73. The maximum absolute atomic E-state index is 13.5. The first kappa shape index (κ1) is 29.2. The van der Waals surface area contributed by atoms with Crippen LogP contribution in [0, 0.1) is 0 Å². The fourth-order valence-corrected chi connectivity index (χ4v) is 6.09. The molecule has 0 radical (unpaired) electrons. The van der Waals surface area contributed by atoms with E-state index in [4.69, 9.17) is 14.0 Å². The Balaban J connectivity index is 1.85. The lowest BCUT2D eigenvalue weighted by molar-refractivity contribution is -0.116. The number of likely N-dealkylation sites (N-methyl/N-ethyl adjacent to an activating group) is 1. The number of hydrogen-bond acceptors (Lipinski definition) is 7. The van der Waals surface area contributed by atoms with Gasteiger partial charge in [0.15, 0.2) is 5.88 Å². The second kappa shape index (κ2) is 13.1. The van der Waals surface area contributed by atoms with E-state index in [1.54, 1.807) is 43.9 Å². The third-order valence-electron chi connectivity index (χ3n) is 6.33. The average Bonchev–Trinajstić information content (AvgIpc) is 3.28. The molecule has 0 aliphatic rings. The molecule has 40 heavy (non-hydrogen) atoms. The number of hydrogen-bond donors (Lipinski definition) is 3. The molecule has 210 valence electrons. The first-order valence-corrected chi connectivity index (χ1v) is 14.8. The summed E-state index contributed by atoms with van der Waals surface area (Å²) in [4.78, 5) is 21.9.